The van der Waals surface area contributed by atoms with Gasteiger partial charge in [0.15, 0.2) is 0 Å². The molecule has 96 valence electrons. The van der Waals surface area contributed by atoms with Gasteiger partial charge in [-0.1, -0.05) is 11.6 Å². The van der Waals surface area contributed by atoms with Gasteiger partial charge in [-0.2, -0.15) is 0 Å². The predicted molar refractivity (Wildman–Crippen MR) is 68.4 cm³/mol. The third-order valence-electron chi connectivity index (χ3n) is 2.67. The number of benzene rings is 1. The molecule has 0 bridgehead atoms. The fourth-order valence-electron chi connectivity index (χ4n) is 1.66. The number of aryl methyl sites for hydroxylation is 1. The molecular weight excluding hydrogens is 216 g/mol. The zero-order valence-electron chi connectivity index (χ0n) is 11.1. The summed E-state index contributed by atoms with van der Waals surface area (Å²) in [4.78, 5) is 0. The fraction of sp³-hybridized carbons (Fsp3) is 0.571. The molecule has 0 heterocycles. The Hall–Kier alpha value is -1.06. The van der Waals surface area contributed by atoms with Crippen LogP contribution < -0.4 is 4.74 Å². The van der Waals surface area contributed by atoms with E-state index >= 15 is 0 Å². The van der Waals surface area contributed by atoms with E-state index in [0.29, 0.717) is 6.61 Å². The van der Waals surface area contributed by atoms with E-state index in [-0.39, 0.29) is 6.10 Å². The summed E-state index contributed by atoms with van der Waals surface area (Å²) in [6.45, 7) is 6.44. The van der Waals surface area contributed by atoms with E-state index < -0.39 is 6.10 Å². The van der Waals surface area contributed by atoms with Gasteiger partial charge in [-0.05, 0) is 32.9 Å². The Kier molecular flexibility index (Phi) is 5.45. The Labute approximate surface area is 103 Å². The number of aliphatic hydroxyl groups is 1. The van der Waals surface area contributed by atoms with E-state index in [1.165, 1.54) is 0 Å². The summed E-state index contributed by atoms with van der Waals surface area (Å²) < 4.78 is 10.8. The summed E-state index contributed by atoms with van der Waals surface area (Å²) in [6.07, 6.45) is 0.401. The van der Waals surface area contributed by atoms with Gasteiger partial charge in [0.05, 0.1) is 12.2 Å². The highest BCUT2D eigenvalue weighted by molar-refractivity contribution is 5.38. The molecule has 1 aromatic rings. The second-order valence-electron chi connectivity index (χ2n) is 4.43. The van der Waals surface area contributed by atoms with Crippen molar-refractivity contribution in [3.8, 4) is 5.75 Å². The van der Waals surface area contributed by atoms with Crippen molar-refractivity contribution in [3.63, 3.8) is 0 Å². The van der Waals surface area contributed by atoms with Crippen molar-refractivity contribution in [2.24, 2.45) is 0 Å². The number of hydrogen-bond donors (Lipinski definition) is 1. The molecule has 1 aromatic carbocycles. The van der Waals surface area contributed by atoms with Crippen LogP contribution in [0.1, 0.15) is 37.5 Å². The van der Waals surface area contributed by atoms with E-state index in [4.69, 9.17) is 9.47 Å². The average molecular weight is 238 g/mol. The molecule has 1 rings (SSSR count). The van der Waals surface area contributed by atoms with Crippen LogP contribution in [0.3, 0.4) is 0 Å². The number of methoxy groups -OCH3 is 1. The number of rotatable bonds is 6. The quantitative estimate of drug-likeness (QED) is 0.828. The maximum Gasteiger partial charge on any atom is 0.125 e. The minimum Gasteiger partial charge on any atom is -0.490 e. The molecule has 0 fully saturated rings. The number of aliphatic hydroxyl groups excluding tert-OH is 1. The molecule has 3 heteroatoms. The summed E-state index contributed by atoms with van der Waals surface area (Å²) in [5.41, 5.74) is 1.96. The Bertz CT molecular complexity index is 347. The Morgan fingerprint density at radius 1 is 1.29 bits per heavy atom. The monoisotopic (exact) mass is 238 g/mol. The summed E-state index contributed by atoms with van der Waals surface area (Å²) in [6, 6.07) is 5.87. The lowest BCUT2D eigenvalue weighted by molar-refractivity contribution is 0.130. The van der Waals surface area contributed by atoms with Crippen LogP contribution in [0.15, 0.2) is 18.2 Å². The normalized spacial score (nSPS) is 14.4. The molecule has 3 nitrogen and oxygen atoms in total. The van der Waals surface area contributed by atoms with Crippen molar-refractivity contribution in [1.29, 1.82) is 0 Å². The van der Waals surface area contributed by atoms with Gasteiger partial charge in [0.25, 0.3) is 0 Å². The molecule has 17 heavy (non-hydrogen) atoms. The van der Waals surface area contributed by atoms with Gasteiger partial charge in [0, 0.05) is 25.7 Å². The van der Waals surface area contributed by atoms with E-state index in [1.54, 1.807) is 14.0 Å². The number of hydrogen-bond acceptors (Lipinski definition) is 3. The zero-order chi connectivity index (χ0) is 12.8. The Morgan fingerprint density at radius 2 is 2.00 bits per heavy atom. The van der Waals surface area contributed by atoms with Gasteiger partial charge >= 0.3 is 0 Å². The molecule has 1 N–H and O–H groups in total. The molecule has 0 aromatic heterocycles. The Balaban J connectivity index is 2.76. The van der Waals surface area contributed by atoms with Crippen LogP contribution in [0, 0.1) is 6.92 Å². The summed E-state index contributed by atoms with van der Waals surface area (Å²) in [5.74, 6) is 0.759. The van der Waals surface area contributed by atoms with Crippen molar-refractivity contribution >= 4 is 0 Å². The van der Waals surface area contributed by atoms with Crippen LogP contribution in [-0.2, 0) is 4.74 Å². The molecule has 0 aliphatic rings. The van der Waals surface area contributed by atoms with E-state index in [0.717, 1.165) is 23.3 Å². The van der Waals surface area contributed by atoms with Gasteiger partial charge in [-0.15, -0.1) is 0 Å². The minimum atomic E-state index is -0.514. The van der Waals surface area contributed by atoms with Crippen LogP contribution in [-0.4, -0.2) is 24.9 Å². The highest BCUT2D eigenvalue weighted by Crippen LogP contribution is 2.27. The van der Waals surface area contributed by atoms with Crippen molar-refractivity contribution in [3.05, 3.63) is 29.3 Å². The second-order valence-corrected chi connectivity index (χ2v) is 4.43. The van der Waals surface area contributed by atoms with Gasteiger partial charge < -0.3 is 14.6 Å². The molecular formula is C14H22O3. The first kappa shape index (κ1) is 14.0. The smallest absolute Gasteiger partial charge is 0.125 e. The molecule has 0 amide bonds. The van der Waals surface area contributed by atoms with E-state index in [1.807, 2.05) is 32.0 Å². The molecule has 0 saturated heterocycles. The highest BCUT2D eigenvalue weighted by atomic mass is 16.5. The largest absolute Gasteiger partial charge is 0.490 e. The van der Waals surface area contributed by atoms with Crippen molar-refractivity contribution < 1.29 is 14.6 Å². The lowest BCUT2D eigenvalue weighted by atomic mass is 10.1. The topological polar surface area (TPSA) is 38.7 Å². The van der Waals surface area contributed by atoms with Crippen LogP contribution in [0.2, 0.25) is 0 Å². The maximum absolute atomic E-state index is 9.71. The molecule has 0 saturated carbocycles. The summed E-state index contributed by atoms with van der Waals surface area (Å²) >= 11 is 0. The SMILES string of the molecule is COCCC(C)Oc1ccc(C)cc1[C@H](C)O. The lowest BCUT2D eigenvalue weighted by Gasteiger charge is -2.19. The van der Waals surface area contributed by atoms with E-state index in [9.17, 15) is 5.11 Å². The summed E-state index contributed by atoms with van der Waals surface area (Å²) in [7, 11) is 1.68. The Morgan fingerprint density at radius 3 is 2.59 bits per heavy atom. The molecule has 0 aliphatic heterocycles. The van der Waals surface area contributed by atoms with Gasteiger partial charge in [-0.25, -0.2) is 0 Å². The van der Waals surface area contributed by atoms with Crippen molar-refractivity contribution in [1.82, 2.24) is 0 Å². The van der Waals surface area contributed by atoms with Crippen LogP contribution in [0.5, 0.6) is 5.75 Å². The highest BCUT2D eigenvalue weighted by Gasteiger charge is 2.12. The summed E-state index contributed by atoms with van der Waals surface area (Å²) in [5, 5.41) is 9.71. The third kappa shape index (κ3) is 4.36. The van der Waals surface area contributed by atoms with Crippen molar-refractivity contribution in [2.75, 3.05) is 13.7 Å². The molecule has 0 aliphatic carbocycles. The molecule has 1 unspecified atom stereocenters. The minimum absolute atomic E-state index is 0.0788. The first-order chi connectivity index (χ1) is 8.04. The molecule has 2 atom stereocenters. The van der Waals surface area contributed by atoms with Crippen molar-refractivity contribution in [2.45, 2.75) is 39.4 Å². The maximum atomic E-state index is 9.71. The van der Waals surface area contributed by atoms with E-state index in [2.05, 4.69) is 0 Å². The average Bonchev–Trinajstić information content (AvgIpc) is 2.28. The fourth-order valence-corrected chi connectivity index (χ4v) is 1.66. The number of ether oxygens (including phenoxy) is 2. The second kappa shape index (κ2) is 6.62. The van der Waals surface area contributed by atoms with Gasteiger partial charge in [0.1, 0.15) is 5.75 Å². The molecule has 0 radical (unpaired) electrons. The first-order valence-corrected chi connectivity index (χ1v) is 5.98. The first-order valence-electron chi connectivity index (χ1n) is 5.98. The zero-order valence-corrected chi connectivity index (χ0v) is 11.1. The standard InChI is InChI=1S/C14H22O3/c1-10-5-6-14(13(9-10)12(3)15)17-11(2)7-8-16-4/h5-6,9,11-12,15H,7-8H2,1-4H3/t11?,12-/m0/s1. The predicted octanol–water partition coefficient (Wildman–Crippen LogP) is 2.85. The van der Waals surface area contributed by atoms with Crippen LogP contribution in [0.25, 0.3) is 0 Å². The lowest BCUT2D eigenvalue weighted by Crippen LogP contribution is -2.15. The van der Waals surface area contributed by atoms with Gasteiger partial charge in [-0.3, -0.25) is 0 Å². The van der Waals surface area contributed by atoms with Crippen LogP contribution >= 0.6 is 0 Å². The van der Waals surface area contributed by atoms with Gasteiger partial charge in [0.2, 0.25) is 0 Å². The van der Waals surface area contributed by atoms with Crippen LogP contribution in [0.4, 0.5) is 0 Å². The molecule has 0 spiro atoms. The third-order valence-corrected chi connectivity index (χ3v) is 2.67.